The lowest BCUT2D eigenvalue weighted by atomic mass is 9.98. The molecule has 1 heterocycles. The molecule has 0 aliphatic carbocycles. The first-order valence-electron chi connectivity index (χ1n) is 8.05. The number of nitrogens with one attached hydrogen (secondary N) is 3. The summed E-state index contributed by atoms with van der Waals surface area (Å²) >= 11 is 0. The third kappa shape index (κ3) is 5.85. The molecule has 0 aromatic heterocycles. The van der Waals surface area contributed by atoms with Crippen LogP contribution in [-0.4, -0.2) is 31.4 Å². The second kappa shape index (κ2) is 9.20. The molecule has 1 aromatic rings. The fourth-order valence-electron chi connectivity index (χ4n) is 2.61. The summed E-state index contributed by atoms with van der Waals surface area (Å²) in [4.78, 5) is 23.9. The Bertz CT molecular complexity index is 476. The van der Waals surface area contributed by atoms with Crippen molar-refractivity contribution in [2.75, 3.05) is 19.6 Å². The van der Waals surface area contributed by atoms with Crippen molar-refractivity contribution in [3.63, 3.8) is 0 Å². The normalized spacial score (nSPS) is 20.5. The monoisotopic (exact) mass is 303 g/mol. The van der Waals surface area contributed by atoms with Crippen molar-refractivity contribution >= 4 is 11.8 Å². The molecule has 120 valence electrons. The van der Waals surface area contributed by atoms with Crippen LogP contribution in [-0.2, 0) is 16.1 Å². The van der Waals surface area contributed by atoms with Crippen LogP contribution in [0.2, 0.25) is 0 Å². The second-order valence-corrected chi connectivity index (χ2v) is 5.68. The van der Waals surface area contributed by atoms with Gasteiger partial charge in [-0.15, -0.1) is 0 Å². The number of hydrogen-bond donors (Lipinski definition) is 3. The van der Waals surface area contributed by atoms with Crippen molar-refractivity contribution in [1.82, 2.24) is 16.0 Å². The van der Waals surface area contributed by atoms with Gasteiger partial charge in [0.2, 0.25) is 11.8 Å². The van der Waals surface area contributed by atoms with E-state index in [1.165, 1.54) is 0 Å². The molecule has 2 rings (SSSR count). The van der Waals surface area contributed by atoms with Gasteiger partial charge < -0.3 is 16.0 Å². The van der Waals surface area contributed by atoms with E-state index in [4.69, 9.17) is 0 Å². The predicted octanol–water partition coefficient (Wildman–Crippen LogP) is 1.20. The van der Waals surface area contributed by atoms with Crippen molar-refractivity contribution in [2.45, 2.75) is 32.2 Å². The van der Waals surface area contributed by atoms with Crippen molar-refractivity contribution in [3.05, 3.63) is 35.9 Å². The highest BCUT2D eigenvalue weighted by Crippen LogP contribution is 2.12. The first kappa shape index (κ1) is 16.5. The number of carbonyl (C=O) groups is 2. The quantitative estimate of drug-likeness (QED) is 0.786. The summed E-state index contributed by atoms with van der Waals surface area (Å²) in [7, 11) is 0. The Hall–Kier alpha value is -1.88. The van der Waals surface area contributed by atoms with E-state index in [1.54, 1.807) is 0 Å². The van der Waals surface area contributed by atoms with Crippen LogP contribution in [0.1, 0.15) is 31.2 Å². The molecule has 1 saturated heterocycles. The molecule has 0 bridgehead atoms. The number of amides is 2. The second-order valence-electron chi connectivity index (χ2n) is 5.68. The highest BCUT2D eigenvalue weighted by Gasteiger charge is 2.18. The van der Waals surface area contributed by atoms with Gasteiger partial charge in [0, 0.05) is 32.0 Å². The van der Waals surface area contributed by atoms with Gasteiger partial charge in [-0.05, 0) is 31.4 Å². The fraction of sp³-hybridized carbons (Fsp3) is 0.529. The largest absolute Gasteiger partial charge is 0.356 e. The van der Waals surface area contributed by atoms with E-state index in [0.29, 0.717) is 32.5 Å². The van der Waals surface area contributed by atoms with E-state index >= 15 is 0 Å². The summed E-state index contributed by atoms with van der Waals surface area (Å²) in [6.45, 7) is 2.69. The Balaban J connectivity index is 1.83. The molecule has 1 aliphatic rings. The molecule has 1 fully saturated rings. The maximum absolute atomic E-state index is 12.4. The van der Waals surface area contributed by atoms with E-state index in [1.807, 2.05) is 30.3 Å². The topological polar surface area (TPSA) is 70.2 Å². The number of carbonyl (C=O) groups excluding carboxylic acids is 2. The number of benzene rings is 1. The van der Waals surface area contributed by atoms with Gasteiger partial charge in [-0.1, -0.05) is 30.3 Å². The van der Waals surface area contributed by atoms with Crippen LogP contribution in [0.25, 0.3) is 0 Å². The van der Waals surface area contributed by atoms with E-state index in [-0.39, 0.29) is 17.7 Å². The van der Waals surface area contributed by atoms with Crippen LogP contribution in [0.4, 0.5) is 0 Å². The van der Waals surface area contributed by atoms with Crippen LogP contribution >= 0.6 is 0 Å². The summed E-state index contributed by atoms with van der Waals surface area (Å²) in [5.41, 5.74) is 1.10. The molecule has 2 amide bonds. The minimum atomic E-state index is -0.0380. The van der Waals surface area contributed by atoms with Gasteiger partial charge in [0.15, 0.2) is 0 Å². The minimum Gasteiger partial charge on any atom is -0.356 e. The molecule has 5 nitrogen and oxygen atoms in total. The lowest BCUT2D eigenvalue weighted by Crippen LogP contribution is -2.33. The summed E-state index contributed by atoms with van der Waals surface area (Å²) in [6, 6.07) is 9.90. The molecule has 3 N–H and O–H groups in total. The van der Waals surface area contributed by atoms with Crippen LogP contribution < -0.4 is 16.0 Å². The van der Waals surface area contributed by atoms with E-state index in [9.17, 15) is 9.59 Å². The fourth-order valence-corrected chi connectivity index (χ4v) is 2.61. The minimum absolute atomic E-state index is 0.0380. The maximum Gasteiger partial charge on any atom is 0.223 e. The number of hydrogen-bond acceptors (Lipinski definition) is 3. The molecule has 1 unspecified atom stereocenters. The Labute approximate surface area is 131 Å². The van der Waals surface area contributed by atoms with Crippen molar-refractivity contribution in [1.29, 1.82) is 0 Å². The standard InChI is InChI=1S/C17H25N3O2/c21-16-9-11-18-10-4-7-15(8-12-19-16)17(22)20-13-14-5-2-1-3-6-14/h1-3,5-6,15,18H,4,7-13H2,(H,19,21)(H,20,22). The Kier molecular flexibility index (Phi) is 6.90. The van der Waals surface area contributed by atoms with Crippen LogP contribution in [0.3, 0.4) is 0 Å². The van der Waals surface area contributed by atoms with E-state index < -0.39 is 0 Å². The lowest BCUT2D eigenvalue weighted by Gasteiger charge is -2.16. The number of rotatable bonds is 3. The maximum atomic E-state index is 12.4. The SMILES string of the molecule is O=C1CCNCCCC(C(=O)NCc2ccccc2)CCN1. The predicted molar refractivity (Wildman–Crippen MR) is 86.1 cm³/mol. The molecule has 0 spiro atoms. The van der Waals surface area contributed by atoms with E-state index in [2.05, 4.69) is 16.0 Å². The first-order chi connectivity index (χ1) is 10.8. The first-order valence-corrected chi connectivity index (χ1v) is 8.05. The molecule has 1 aromatic carbocycles. The zero-order chi connectivity index (χ0) is 15.6. The molecule has 1 atom stereocenters. The summed E-state index contributed by atoms with van der Waals surface area (Å²) in [5.74, 6) is 0.0964. The van der Waals surface area contributed by atoms with Gasteiger partial charge >= 0.3 is 0 Å². The van der Waals surface area contributed by atoms with E-state index in [0.717, 1.165) is 24.9 Å². The Morgan fingerprint density at radius 2 is 1.95 bits per heavy atom. The smallest absolute Gasteiger partial charge is 0.223 e. The Morgan fingerprint density at radius 3 is 2.77 bits per heavy atom. The summed E-state index contributed by atoms with van der Waals surface area (Å²) in [6.07, 6.45) is 3.01. The van der Waals surface area contributed by atoms with Gasteiger partial charge in [-0.25, -0.2) is 0 Å². The van der Waals surface area contributed by atoms with Crippen LogP contribution in [0.5, 0.6) is 0 Å². The molecule has 0 radical (unpaired) electrons. The van der Waals surface area contributed by atoms with Crippen LogP contribution in [0.15, 0.2) is 30.3 Å². The molecule has 1 aliphatic heterocycles. The molecular formula is C17H25N3O2. The summed E-state index contributed by atoms with van der Waals surface area (Å²) < 4.78 is 0. The van der Waals surface area contributed by atoms with Gasteiger partial charge in [0.05, 0.1) is 0 Å². The van der Waals surface area contributed by atoms with Gasteiger partial charge in [0.1, 0.15) is 0 Å². The molecule has 0 saturated carbocycles. The third-order valence-electron chi connectivity index (χ3n) is 3.93. The van der Waals surface area contributed by atoms with Gasteiger partial charge in [-0.3, -0.25) is 9.59 Å². The molecule has 5 heteroatoms. The zero-order valence-electron chi connectivity index (χ0n) is 12.9. The van der Waals surface area contributed by atoms with Crippen molar-refractivity contribution < 1.29 is 9.59 Å². The molecule has 22 heavy (non-hydrogen) atoms. The highest BCUT2D eigenvalue weighted by atomic mass is 16.2. The van der Waals surface area contributed by atoms with Crippen molar-refractivity contribution in [3.8, 4) is 0 Å². The molecular weight excluding hydrogens is 278 g/mol. The van der Waals surface area contributed by atoms with Gasteiger partial charge in [0.25, 0.3) is 0 Å². The van der Waals surface area contributed by atoms with Crippen LogP contribution in [0, 0.1) is 5.92 Å². The summed E-state index contributed by atoms with van der Waals surface area (Å²) in [5, 5.41) is 9.13. The Morgan fingerprint density at radius 1 is 1.14 bits per heavy atom. The third-order valence-corrected chi connectivity index (χ3v) is 3.93. The zero-order valence-corrected chi connectivity index (χ0v) is 12.9. The average molecular weight is 303 g/mol. The highest BCUT2D eigenvalue weighted by molar-refractivity contribution is 5.79. The lowest BCUT2D eigenvalue weighted by molar-refractivity contribution is -0.126. The van der Waals surface area contributed by atoms with Crippen molar-refractivity contribution in [2.24, 2.45) is 5.92 Å². The van der Waals surface area contributed by atoms with Gasteiger partial charge in [-0.2, -0.15) is 0 Å². The average Bonchev–Trinajstić information content (AvgIpc) is 2.59.